The van der Waals surface area contributed by atoms with E-state index in [1.807, 2.05) is 0 Å². The van der Waals surface area contributed by atoms with Gasteiger partial charge in [0.25, 0.3) is 0 Å². The number of hydrogen-bond donors (Lipinski definition) is 1. The highest BCUT2D eigenvalue weighted by Crippen LogP contribution is 2.34. The molecule has 1 saturated carbocycles. The summed E-state index contributed by atoms with van der Waals surface area (Å²) in [4.78, 5) is 11.3. The van der Waals surface area contributed by atoms with Gasteiger partial charge in [0, 0.05) is 5.02 Å². The van der Waals surface area contributed by atoms with Crippen LogP contribution in [0.25, 0.3) is 0 Å². The van der Waals surface area contributed by atoms with Crippen molar-refractivity contribution in [3.8, 4) is 0 Å². The third kappa shape index (κ3) is 3.24. The SMILES string of the molecule is Cc1c(C(=O)O)cc(Cl)cc1S(=O)(=O)C1CCCC(C)C1. The van der Waals surface area contributed by atoms with Crippen LogP contribution in [0.5, 0.6) is 0 Å². The van der Waals surface area contributed by atoms with Crippen molar-refractivity contribution in [2.75, 3.05) is 0 Å². The molecule has 0 saturated heterocycles. The third-order valence-corrected chi connectivity index (χ3v) is 6.75. The molecular weight excluding hydrogens is 312 g/mol. The van der Waals surface area contributed by atoms with E-state index < -0.39 is 21.1 Å². The quantitative estimate of drug-likeness (QED) is 0.917. The first-order valence-electron chi connectivity index (χ1n) is 7.00. The fourth-order valence-electron chi connectivity index (χ4n) is 3.01. The van der Waals surface area contributed by atoms with Crippen molar-refractivity contribution in [1.82, 2.24) is 0 Å². The van der Waals surface area contributed by atoms with Gasteiger partial charge in [0.1, 0.15) is 0 Å². The van der Waals surface area contributed by atoms with Crippen molar-refractivity contribution < 1.29 is 18.3 Å². The number of carbonyl (C=O) groups is 1. The molecule has 1 N–H and O–H groups in total. The molecule has 1 aliphatic rings. The van der Waals surface area contributed by atoms with Crippen LogP contribution in [0.15, 0.2) is 17.0 Å². The van der Waals surface area contributed by atoms with Crippen molar-refractivity contribution in [3.05, 3.63) is 28.3 Å². The topological polar surface area (TPSA) is 71.4 Å². The van der Waals surface area contributed by atoms with E-state index in [2.05, 4.69) is 6.92 Å². The molecule has 1 aromatic carbocycles. The Morgan fingerprint density at radius 1 is 1.33 bits per heavy atom. The average molecular weight is 331 g/mol. The normalized spacial score (nSPS) is 23.0. The second-order valence-electron chi connectivity index (χ2n) is 5.82. The number of carboxylic acid groups (broad SMARTS) is 1. The molecule has 0 aromatic heterocycles. The molecule has 0 aliphatic heterocycles. The summed E-state index contributed by atoms with van der Waals surface area (Å²) in [5, 5.41) is 8.87. The highest BCUT2D eigenvalue weighted by molar-refractivity contribution is 7.92. The Kier molecular flexibility index (Phi) is 4.63. The fraction of sp³-hybridized carbons (Fsp3) is 0.533. The van der Waals surface area contributed by atoms with E-state index in [-0.39, 0.29) is 21.0 Å². The molecule has 6 heteroatoms. The van der Waals surface area contributed by atoms with E-state index in [9.17, 15) is 18.3 Å². The zero-order chi connectivity index (χ0) is 15.8. The Hall–Kier alpha value is -1.07. The largest absolute Gasteiger partial charge is 0.478 e. The first-order valence-corrected chi connectivity index (χ1v) is 8.93. The lowest BCUT2D eigenvalue weighted by atomic mass is 9.91. The maximum absolute atomic E-state index is 12.8. The Morgan fingerprint density at radius 3 is 2.57 bits per heavy atom. The molecule has 2 rings (SSSR count). The van der Waals surface area contributed by atoms with Gasteiger partial charge in [-0.2, -0.15) is 0 Å². The molecule has 2 unspecified atom stereocenters. The average Bonchev–Trinajstić information content (AvgIpc) is 2.40. The summed E-state index contributed by atoms with van der Waals surface area (Å²) in [6.45, 7) is 3.58. The number of sulfone groups is 1. The number of rotatable bonds is 3. The van der Waals surface area contributed by atoms with Crippen LogP contribution in [0, 0.1) is 12.8 Å². The van der Waals surface area contributed by atoms with Crippen LogP contribution in [-0.2, 0) is 9.84 Å². The van der Waals surface area contributed by atoms with Crippen LogP contribution >= 0.6 is 11.6 Å². The molecule has 2 atom stereocenters. The van der Waals surface area contributed by atoms with E-state index in [0.29, 0.717) is 18.8 Å². The number of carboxylic acids is 1. The van der Waals surface area contributed by atoms with Crippen LogP contribution in [0.3, 0.4) is 0 Å². The molecule has 4 nitrogen and oxygen atoms in total. The second kappa shape index (κ2) is 5.97. The number of aromatic carboxylic acids is 1. The summed E-state index contributed by atoms with van der Waals surface area (Å²) in [7, 11) is -3.55. The van der Waals surface area contributed by atoms with Gasteiger partial charge in [-0.1, -0.05) is 31.4 Å². The number of hydrogen-bond acceptors (Lipinski definition) is 3. The monoisotopic (exact) mass is 330 g/mol. The minimum Gasteiger partial charge on any atom is -0.478 e. The van der Waals surface area contributed by atoms with Gasteiger partial charge in [0.2, 0.25) is 0 Å². The summed E-state index contributed by atoms with van der Waals surface area (Å²) in [5.41, 5.74) is 0.218. The van der Waals surface area contributed by atoms with Gasteiger partial charge in [0.15, 0.2) is 9.84 Å². The Morgan fingerprint density at radius 2 is 2.00 bits per heavy atom. The second-order valence-corrected chi connectivity index (χ2v) is 8.45. The van der Waals surface area contributed by atoms with Crippen LogP contribution in [-0.4, -0.2) is 24.7 Å². The Labute approximate surface area is 130 Å². The van der Waals surface area contributed by atoms with Crippen molar-refractivity contribution in [1.29, 1.82) is 0 Å². The summed E-state index contributed by atoms with van der Waals surface area (Å²) >= 11 is 5.91. The van der Waals surface area contributed by atoms with Crippen molar-refractivity contribution >= 4 is 27.4 Å². The fourth-order valence-corrected chi connectivity index (χ4v) is 5.54. The summed E-state index contributed by atoms with van der Waals surface area (Å²) < 4.78 is 25.7. The van der Waals surface area contributed by atoms with E-state index in [1.54, 1.807) is 0 Å². The predicted octanol–water partition coefficient (Wildman–Crippen LogP) is 3.70. The zero-order valence-electron chi connectivity index (χ0n) is 12.1. The van der Waals surface area contributed by atoms with Crippen molar-refractivity contribution in [2.24, 2.45) is 5.92 Å². The van der Waals surface area contributed by atoms with Crippen LogP contribution < -0.4 is 0 Å². The van der Waals surface area contributed by atoms with Crippen LogP contribution in [0.1, 0.15) is 48.5 Å². The van der Waals surface area contributed by atoms with Gasteiger partial charge in [-0.05, 0) is 43.4 Å². The van der Waals surface area contributed by atoms with Crippen molar-refractivity contribution in [2.45, 2.75) is 49.7 Å². The van der Waals surface area contributed by atoms with E-state index >= 15 is 0 Å². The molecule has 1 aromatic rings. The van der Waals surface area contributed by atoms with Gasteiger partial charge in [-0.3, -0.25) is 0 Å². The lowest BCUT2D eigenvalue weighted by Gasteiger charge is -2.27. The molecule has 0 radical (unpaired) electrons. The Balaban J connectivity index is 2.52. The lowest BCUT2D eigenvalue weighted by Crippen LogP contribution is -2.28. The Bertz CT molecular complexity index is 666. The van der Waals surface area contributed by atoms with E-state index in [1.165, 1.54) is 19.1 Å². The minimum atomic E-state index is -3.55. The maximum atomic E-state index is 12.8. The number of benzene rings is 1. The first-order chi connectivity index (χ1) is 9.73. The first kappa shape index (κ1) is 16.3. The molecule has 0 heterocycles. The maximum Gasteiger partial charge on any atom is 0.336 e. The summed E-state index contributed by atoms with van der Waals surface area (Å²) in [5.74, 6) is -0.791. The van der Waals surface area contributed by atoms with Gasteiger partial charge in [-0.25, -0.2) is 13.2 Å². The molecule has 0 bridgehead atoms. The molecule has 116 valence electrons. The van der Waals surface area contributed by atoms with Gasteiger partial charge >= 0.3 is 5.97 Å². The molecular formula is C15H19ClO4S. The molecule has 0 spiro atoms. The van der Waals surface area contributed by atoms with E-state index in [4.69, 9.17) is 11.6 Å². The minimum absolute atomic E-state index is 0.0510. The standard InChI is InChI=1S/C15H19ClO4S/c1-9-4-3-5-12(6-9)21(19,20)14-8-11(16)7-13(10(14)2)15(17)18/h7-9,12H,3-6H2,1-2H3,(H,17,18). The van der Waals surface area contributed by atoms with Crippen LogP contribution in [0.2, 0.25) is 5.02 Å². The van der Waals surface area contributed by atoms with Crippen molar-refractivity contribution in [3.63, 3.8) is 0 Å². The smallest absolute Gasteiger partial charge is 0.336 e. The van der Waals surface area contributed by atoms with Gasteiger partial charge in [0.05, 0.1) is 15.7 Å². The molecule has 1 aliphatic carbocycles. The predicted molar refractivity (Wildman–Crippen MR) is 81.8 cm³/mol. The highest BCUT2D eigenvalue weighted by atomic mass is 35.5. The molecule has 21 heavy (non-hydrogen) atoms. The number of halogens is 1. The summed E-state index contributed by atoms with van der Waals surface area (Å²) in [6.07, 6.45) is 3.18. The van der Waals surface area contributed by atoms with Gasteiger partial charge < -0.3 is 5.11 Å². The molecule has 0 amide bonds. The zero-order valence-corrected chi connectivity index (χ0v) is 13.7. The molecule has 1 fully saturated rings. The summed E-state index contributed by atoms with van der Waals surface area (Å²) in [6, 6.07) is 2.67. The van der Waals surface area contributed by atoms with Crippen LogP contribution in [0.4, 0.5) is 0 Å². The third-order valence-electron chi connectivity index (χ3n) is 4.19. The van der Waals surface area contributed by atoms with E-state index in [0.717, 1.165) is 12.8 Å². The van der Waals surface area contributed by atoms with Gasteiger partial charge in [-0.15, -0.1) is 0 Å². The highest BCUT2D eigenvalue weighted by Gasteiger charge is 2.33. The lowest BCUT2D eigenvalue weighted by molar-refractivity contribution is 0.0696.